The molecule has 6 atom stereocenters. The quantitative estimate of drug-likeness (QED) is 0.276. The summed E-state index contributed by atoms with van der Waals surface area (Å²) in [6, 6.07) is 15.7. The molecule has 7 fully saturated rings. The van der Waals surface area contributed by atoms with Crippen LogP contribution in [0.15, 0.2) is 54.7 Å². The van der Waals surface area contributed by atoms with E-state index in [9.17, 15) is 28.8 Å². The molecule has 1 aromatic heterocycles. The predicted molar refractivity (Wildman–Crippen MR) is 201 cm³/mol. The van der Waals surface area contributed by atoms with E-state index in [1.807, 2.05) is 54.7 Å². The van der Waals surface area contributed by atoms with Crippen LogP contribution in [-0.2, 0) is 50.2 Å². The van der Waals surface area contributed by atoms with Gasteiger partial charge in [-0.15, -0.1) is 0 Å². The normalized spacial score (nSPS) is 33.7. The Kier molecular flexibility index (Phi) is 7.39. The van der Waals surface area contributed by atoms with Crippen LogP contribution in [0.2, 0.25) is 0 Å². The van der Waals surface area contributed by atoms with Crippen LogP contribution in [0.3, 0.4) is 0 Å². The van der Waals surface area contributed by atoms with E-state index in [1.165, 1.54) is 71.7 Å². The highest BCUT2D eigenvalue weighted by atomic mass is 33.1. The summed E-state index contributed by atoms with van der Waals surface area (Å²) in [6.07, 6.45) is 1.70. The Morgan fingerprint density at radius 1 is 0.755 bits per heavy atom. The van der Waals surface area contributed by atoms with E-state index in [2.05, 4.69) is 9.88 Å². The summed E-state index contributed by atoms with van der Waals surface area (Å²) >= 11 is 0. The first-order chi connectivity index (χ1) is 25.2. The molecule has 8 aliphatic heterocycles. The first-order valence-electron chi connectivity index (χ1n) is 16.8. The van der Waals surface area contributed by atoms with Gasteiger partial charge in [0.15, 0.2) is 9.74 Å². The highest BCUT2D eigenvalue weighted by Crippen LogP contribution is 2.69. The molecule has 3 aromatic rings. The van der Waals surface area contributed by atoms with E-state index in [4.69, 9.17) is 9.47 Å². The molecule has 14 nitrogen and oxygen atoms in total. The van der Waals surface area contributed by atoms with E-state index < -0.39 is 43.1 Å². The molecule has 2 aromatic carbocycles. The number of nitrogens with one attached hydrogen (secondary N) is 1. The number of esters is 2. The van der Waals surface area contributed by atoms with Crippen molar-refractivity contribution in [3.8, 4) is 0 Å². The van der Waals surface area contributed by atoms with Gasteiger partial charge >= 0.3 is 11.9 Å². The van der Waals surface area contributed by atoms with Gasteiger partial charge in [-0.25, -0.2) is 0 Å². The Hall–Kier alpha value is -4.00. The Morgan fingerprint density at radius 2 is 1.32 bits per heavy atom. The molecule has 7 saturated heterocycles. The maximum Gasteiger partial charge on any atom is 0.302 e. The number of fused-ring (bicyclic) bond motifs is 9. The molecule has 0 unspecified atom stereocenters. The molecule has 1 spiro atoms. The van der Waals surface area contributed by atoms with Crippen molar-refractivity contribution in [3.05, 3.63) is 65.9 Å². The molecule has 4 amide bonds. The number of para-hydroxylation sites is 2. The highest BCUT2D eigenvalue weighted by molar-refractivity contribution is 8.78. The van der Waals surface area contributed by atoms with Gasteiger partial charge in [0.25, 0.3) is 23.6 Å². The average molecular weight is 795 g/mol. The molecule has 11 rings (SSSR count). The first kappa shape index (κ1) is 34.7. The Bertz CT molecular complexity index is 2220. The number of hydrogen-bond donors (Lipinski definition) is 1. The maximum absolute atomic E-state index is 14.8. The molecule has 4 bridgehead atoms. The summed E-state index contributed by atoms with van der Waals surface area (Å²) < 4.78 is 12.8. The number of nitrogens with zero attached hydrogens (tertiary/aromatic N) is 5. The number of anilines is 1. The number of rotatable bonds is 7. The van der Waals surface area contributed by atoms with Crippen LogP contribution in [0.25, 0.3) is 10.9 Å². The van der Waals surface area contributed by atoms with Gasteiger partial charge in [-0.1, -0.05) is 58.0 Å². The predicted octanol–water partition coefficient (Wildman–Crippen LogP) is 3.02. The fourth-order valence-electron chi connectivity index (χ4n) is 8.86. The number of benzene rings is 2. The number of carbonyl (C=O) groups excluding carboxylic acids is 6. The number of likely N-dealkylation sites (N-methyl/N-ethyl adjacent to an activating group) is 3. The van der Waals surface area contributed by atoms with E-state index >= 15 is 0 Å². The van der Waals surface area contributed by atoms with Crippen molar-refractivity contribution in [2.45, 2.75) is 57.9 Å². The minimum absolute atomic E-state index is 0.161. The van der Waals surface area contributed by atoms with Crippen molar-refractivity contribution in [3.63, 3.8) is 0 Å². The molecular weight excluding hydrogens is 761 g/mol. The summed E-state index contributed by atoms with van der Waals surface area (Å²) in [5.41, 5.74) is 2.37. The molecule has 8 aliphatic rings. The lowest BCUT2D eigenvalue weighted by Crippen LogP contribution is -2.77. The van der Waals surface area contributed by atoms with Gasteiger partial charge in [0.2, 0.25) is 9.74 Å². The zero-order chi connectivity index (χ0) is 37.5. The Balaban J connectivity index is 1.19. The lowest BCUT2D eigenvalue weighted by Gasteiger charge is -2.58. The lowest BCUT2D eigenvalue weighted by molar-refractivity contribution is -0.169. The monoisotopic (exact) mass is 794 g/mol. The second-order valence-corrected chi connectivity index (χ2v) is 19.6. The molecular formula is C35H34N6O8S4. The van der Waals surface area contributed by atoms with Crippen LogP contribution >= 0.6 is 43.2 Å². The number of carbonyl (C=O) groups is 6. The molecule has 0 saturated carbocycles. The summed E-state index contributed by atoms with van der Waals surface area (Å²) in [6.45, 7) is 1.99. The van der Waals surface area contributed by atoms with E-state index in [-0.39, 0.29) is 49.7 Å². The summed E-state index contributed by atoms with van der Waals surface area (Å²) in [5, 5.41) is 4.48. The van der Waals surface area contributed by atoms with Crippen molar-refractivity contribution >= 4 is 95.3 Å². The first-order valence-corrected chi connectivity index (χ1v) is 21.1. The Morgan fingerprint density at radius 3 is 2.04 bits per heavy atom. The van der Waals surface area contributed by atoms with Crippen LogP contribution in [0.1, 0.15) is 31.4 Å². The maximum atomic E-state index is 14.8. The third-order valence-electron chi connectivity index (χ3n) is 11.6. The van der Waals surface area contributed by atoms with Crippen LogP contribution in [0.5, 0.6) is 0 Å². The third-order valence-corrected chi connectivity index (χ3v) is 18.9. The average Bonchev–Trinajstić information content (AvgIpc) is 3.76. The zero-order valence-corrected chi connectivity index (χ0v) is 32.5. The number of piperazine rings is 2. The van der Waals surface area contributed by atoms with Crippen LogP contribution in [0.4, 0.5) is 5.69 Å². The Labute approximate surface area is 319 Å². The second kappa shape index (κ2) is 11.3. The zero-order valence-electron chi connectivity index (χ0n) is 29.2. The molecule has 53 heavy (non-hydrogen) atoms. The van der Waals surface area contributed by atoms with Gasteiger partial charge in [0.1, 0.15) is 24.9 Å². The lowest BCUT2D eigenvalue weighted by atomic mass is 9.86. The van der Waals surface area contributed by atoms with E-state index in [0.717, 1.165) is 27.7 Å². The minimum atomic E-state index is -1.45. The fraction of sp³-hybridized carbons (Fsp3) is 0.429. The standard InChI is InChI=1S/C35H34N6O8S4/c1-19(42)48-17-34-29(46)37(3)32(50-52-34,27(44)38(34)4)14-21-15-40(25-13-9-6-10-22(21)25)31-16-33-28(45)39(5)35(53-51-33,18-49-20(2)43)30(47)41(33)26(31)36-24-12-8-7-11-23(24)31/h6-13,15,26,36H,14,16-18H2,1-5H3/t26-,31+,32+,33+,34+,35+/m1/s1. The molecule has 0 aliphatic carbocycles. The largest absolute Gasteiger partial charge is 0.462 e. The van der Waals surface area contributed by atoms with Crippen molar-refractivity contribution in [1.29, 1.82) is 0 Å². The molecule has 9 heterocycles. The van der Waals surface area contributed by atoms with E-state index in [0.29, 0.717) is 0 Å². The molecule has 276 valence electrons. The second-order valence-electron chi connectivity index (χ2n) is 14.2. The summed E-state index contributed by atoms with van der Waals surface area (Å²) in [7, 11) is 9.89. The van der Waals surface area contributed by atoms with Gasteiger partial charge in [-0.05, 0) is 39.3 Å². The SMILES string of the molecule is CC(=O)OC[C@@]12SS[C@@](Cc3cn([C@]45C[C@@]67SS[C@@](COC(C)=O)(C(=O)N6[C@H]4Nc4ccccc45)N(C)C7=O)c4ccccc34)(C(=O)N1C)N(C)C2=O. The van der Waals surface area contributed by atoms with Gasteiger partial charge in [-0.2, -0.15) is 0 Å². The van der Waals surface area contributed by atoms with Crippen molar-refractivity contribution in [2.75, 3.05) is 39.7 Å². The summed E-state index contributed by atoms with van der Waals surface area (Å²) in [4.78, 5) is 82.1. The van der Waals surface area contributed by atoms with Crippen LogP contribution in [0, 0.1) is 0 Å². The summed E-state index contributed by atoms with van der Waals surface area (Å²) in [5.74, 6) is -2.28. The molecule has 18 heteroatoms. The molecule has 1 N–H and O–H groups in total. The van der Waals surface area contributed by atoms with Crippen LogP contribution < -0.4 is 5.32 Å². The topological polar surface area (TPSA) is 151 Å². The fourth-order valence-corrected chi connectivity index (χ4v) is 16.2. The third kappa shape index (κ3) is 4.12. The van der Waals surface area contributed by atoms with Crippen molar-refractivity contribution in [2.24, 2.45) is 0 Å². The number of hydrogen-bond acceptors (Lipinski definition) is 13. The van der Waals surface area contributed by atoms with Gasteiger partial charge < -0.3 is 34.1 Å². The van der Waals surface area contributed by atoms with Crippen LogP contribution in [-0.4, -0.2) is 120 Å². The number of aromatic nitrogens is 1. The van der Waals surface area contributed by atoms with E-state index in [1.54, 1.807) is 26.0 Å². The van der Waals surface area contributed by atoms with Gasteiger partial charge in [0, 0.05) is 76.2 Å². The van der Waals surface area contributed by atoms with Crippen molar-refractivity contribution in [1.82, 2.24) is 24.2 Å². The molecule has 0 radical (unpaired) electrons. The number of ether oxygens (including phenoxy) is 2. The highest BCUT2D eigenvalue weighted by Gasteiger charge is 2.79. The number of amides is 4. The van der Waals surface area contributed by atoms with Gasteiger partial charge in [0.05, 0.1) is 0 Å². The van der Waals surface area contributed by atoms with Crippen molar-refractivity contribution < 1.29 is 38.2 Å². The smallest absolute Gasteiger partial charge is 0.302 e. The minimum Gasteiger partial charge on any atom is -0.462 e. The van der Waals surface area contributed by atoms with Gasteiger partial charge in [-0.3, -0.25) is 33.7 Å².